The Morgan fingerprint density at radius 2 is 1.87 bits per heavy atom. The van der Waals surface area contributed by atoms with Crippen LogP contribution < -0.4 is 0 Å². The Hall–Kier alpha value is -3.28. The van der Waals surface area contributed by atoms with Crippen LogP contribution in [0.5, 0.6) is 0 Å². The summed E-state index contributed by atoms with van der Waals surface area (Å²) in [5.41, 5.74) is 1.31. The third kappa shape index (κ3) is 6.00. The Labute approximate surface area is 238 Å². The average molecular weight is 586 g/mol. The molecule has 5 rings (SSSR count). The molecule has 12 heteroatoms. The number of nitrogens with zero attached hydrogens (tertiary/aromatic N) is 5. The van der Waals surface area contributed by atoms with Crippen LogP contribution in [0.3, 0.4) is 0 Å². The van der Waals surface area contributed by atoms with Crippen molar-refractivity contribution in [2.75, 3.05) is 19.7 Å². The molecule has 0 radical (unpaired) electrons. The number of hydrogen-bond donors (Lipinski definition) is 0. The number of carbonyl (C=O) groups is 2. The number of rotatable bonds is 8. The molecule has 39 heavy (non-hydrogen) atoms. The summed E-state index contributed by atoms with van der Waals surface area (Å²) in [7, 11) is 0. The van der Waals surface area contributed by atoms with E-state index in [0.29, 0.717) is 71.2 Å². The molecule has 0 spiro atoms. The van der Waals surface area contributed by atoms with Gasteiger partial charge in [0, 0.05) is 24.0 Å². The second-order valence-electron chi connectivity index (χ2n) is 8.81. The number of carbonyl (C=O) groups excluding carboxylic acids is 2. The number of ether oxygens (including phenoxy) is 1. The SMILES string of the molecule is CCOC(=O)C1CCN(C(=O)c2csc(CSc3nnc(-c4ccccc4Cl)n3-c3ccccc3F)n2)CC1. The van der Waals surface area contributed by atoms with Gasteiger partial charge in [-0.3, -0.25) is 14.2 Å². The summed E-state index contributed by atoms with van der Waals surface area (Å²) in [5, 5.41) is 12.1. The van der Waals surface area contributed by atoms with Gasteiger partial charge in [0.1, 0.15) is 16.5 Å². The molecule has 1 saturated heterocycles. The first kappa shape index (κ1) is 27.3. The quantitative estimate of drug-likeness (QED) is 0.188. The van der Waals surface area contributed by atoms with E-state index < -0.39 is 5.82 Å². The molecule has 2 aromatic heterocycles. The van der Waals surface area contributed by atoms with Gasteiger partial charge in [-0.15, -0.1) is 21.5 Å². The lowest BCUT2D eigenvalue weighted by Gasteiger charge is -2.30. The van der Waals surface area contributed by atoms with Crippen LogP contribution in [-0.2, 0) is 15.3 Å². The summed E-state index contributed by atoms with van der Waals surface area (Å²) in [6.45, 7) is 3.12. The van der Waals surface area contributed by atoms with Gasteiger partial charge in [-0.05, 0) is 44.0 Å². The van der Waals surface area contributed by atoms with Crippen molar-refractivity contribution in [3.63, 3.8) is 0 Å². The molecule has 0 saturated carbocycles. The van der Waals surface area contributed by atoms with Gasteiger partial charge in [0.05, 0.1) is 29.0 Å². The van der Waals surface area contributed by atoms with Crippen molar-refractivity contribution in [1.82, 2.24) is 24.6 Å². The minimum Gasteiger partial charge on any atom is -0.466 e. The van der Waals surface area contributed by atoms with Crippen molar-refractivity contribution in [3.8, 4) is 17.1 Å². The van der Waals surface area contributed by atoms with Crippen LogP contribution >= 0.6 is 34.7 Å². The van der Waals surface area contributed by atoms with Gasteiger partial charge in [-0.2, -0.15) is 0 Å². The molecule has 0 aliphatic carbocycles. The van der Waals surface area contributed by atoms with Crippen LogP contribution in [-0.4, -0.2) is 56.2 Å². The zero-order chi connectivity index (χ0) is 27.4. The molecule has 0 atom stereocenters. The van der Waals surface area contributed by atoms with E-state index in [-0.39, 0.29) is 17.8 Å². The number of hydrogen-bond acceptors (Lipinski definition) is 8. The third-order valence-corrected chi connectivity index (χ3v) is 8.64. The topological polar surface area (TPSA) is 90.2 Å². The van der Waals surface area contributed by atoms with E-state index in [1.54, 1.807) is 46.0 Å². The van der Waals surface area contributed by atoms with E-state index >= 15 is 0 Å². The molecular weight excluding hydrogens is 561 g/mol. The molecule has 0 unspecified atom stereocenters. The highest BCUT2D eigenvalue weighted by molar-refractivity contribution is 7.98. The number of aromatic nitrogens is 4. The Balaban J connectivity index is 1.31. The Kier molecular flexibility index (Phi) is 8.59. The van der Waals surface area contributed by atoms with Crippen LogP contribution in [0.25, 0.3) is 17.1 Å². The van der Waals surface area contributed by atoms with Gasteiger partial charge in [-0.25, -0.2) is 9.37 Å². The van der Waals surface area contributed by atoms with Crippen molar-refractivity contribution in [3.05, 3.63) is 75.5 Å². The molecule has 1 fully saturated rings. The van der Waals surface area contributed by atoms with Crippen molar-refractivity contribution >= 4 is 46.6 Å². The van der Waals surface area contributed by atoms with Crippen LogP contribution in [0.15, 0.2) is 59.1 Å². The molecule has 0 N–H and O–H groups in total. The van der Waals surface area contributed by atoms with Crippen LogP contribution in [0.2, 0.25) is 5.02 Å². The highest BCUT2D eigenvalue weighted by atomic mass is 35.5. The number of thiazole rings is 1. The number of benzene rings is 2. The highest BCUT2D eigenvalue weighted by Crippen LogP contribution is 2.34. The van der Waals surface area contributed by atoms with Crippen molar-refractivity contribution in [1.29, 1.82) is 0 Å². The first-order chi connectivity index (χ1) is 19.0. The summed E-state index contributed by atoms with van der Waals surface area (Å²) in [4.78, 5) is 31.3. The fraction of sp³-hybridized carbons (Fsp3) is 0.296. The standard InChI is InChI=1S/C27H25ClFN5O3S2/c1-2-37-26(36)17-11-13-33(14-12-17)25(35)21-15-38-23(30-21)16-39-27-32-31-24(18-7-3-4-8-19(18)28)34(27)22-10-6-5-9-20(22)29/h3-10,15,17H,2,11-14,16H2,1H3. The lowest BCUT2D eigenvalue weighted by atomic mass is 9.97. The highest BCUT2D eigenvalue weighted by Gasteiger charge is 2.29. The monoisotopic (exact) mass is 585 g/mol. The number of piperidine rings is 1. The Morgan fingerprint density at radius 1 is 1.13 bits per heavy atom. The second-order valence-corrected chi connectivity index (χ2v) is 11.1. The van der Waals surface area contributed by atoms with Crippen molar-refractivity contribution in [2.45, 2.75) is 30.7 Å². The first-order valence-corrected chi connectivity index (χ1v) is 14.7. The van der Waals surface area contributed by atoms with E-state index in [9.17, 15) is 14.0 Å². The zero-order valence-corrected chi connectivity index (χ0v) is 23.4. The smallest absolute Gasteiger partial charge is 0.309 e. The number of halogens is 2. The maximum Gasteiger partial charge on any atom is 0.309 e. The Morgan fingerprint density at radius 3 is 2.62 bits per heavy atom. The van der Waals surface area contributed by atoms with Gasteiger partial charge in [0.15, 0.2) is 11.0 Å². The number of esters is 1. The molecule has 0 bridgehead atoms. The maximum atomic E-state index is 14.9. The predicted octanol–water partition coefficient (Wildman–Crippen LogP) is 5.89. The molecular formula is C27H25ClFN5O3S2. The van der Waals surface area contributed by atoms with Crippen molar-refractivity contribution < 1.29 is 18.7 Å². The van der Waals surface area contributed by atoms with Crippen LogP contribution in [0.4, 0.5) is 4.39 Å². The van der Waals surface area contributed by atoms with Gasteiger partial charge in [0.25, 0.3) is 5.91 Å². The largest absolute Gasteiger partial charge is 0.466 e. The summed E-state index contributed by atoms with van der Waals surface area (Å²) in [5.74, 6) is -0.0914. The van der Waals surface area contributed by atoms with E-state index in [1.807, 2.05) is 18.2 Å². The molecule has 3 heterocycles. The minimum absolute atomic E-state index is 0.152. The molecule has 2 aromatic carbocycles. The maximum absolute atomic E-state index is 14.9. The molecule has 1 aliphatic heterocycles. The fourth-order valence-electron chi connectivity index (χ4n) is 4.37. The van der Waals surface area contributed by atoms with E-state index in [0.717, 1.165) is 5.01 Å². The molecule has 1 aliphatic rings. The third-order valence-electron chi connectivity index (χ3n) is 6.34. The summed E-state index contributed by atoms with van der Waals surface area (Å²) >= 11 is 9.15. The van der Waals surface area contributed by atoms with E-state index in [4.69, 9.17) is 16.3 Å². The van der Waals surface area contributed by atoms with Gasteiger partial charge < -0.3 is 9.64 Å². The number of para-hydroxylation sites is 1. The van der Waals surface area contributed by atoms with Crippen LogP contribution in [0, 0.1) is 11.7 Å². The molecule has 8 nitrogen and oxygen atoms in total. The van der Waals surface area contributed by atoms with E-state index in [1.165, 1.54) is 29.2 Å². The molecule has 202 valence electrons. The Bertz CT molecular complexity index is 1490. The van der Waals surface area contributed by atoms with Crippen molar-refractivity contribution in [2.24, 2.45) is 5.92 Å². The summed E-state index contributed by atoms with van der Waals surface area (Å²) in [6, 6.07) is 13.6. The normalized spacial score (nSPS) is 14.0. The zero-order valence-electron chi connectivity index (χ0n) is 21.0. The second kappa shape index (κ2) is 12.3. The minimum atomic E-state index is -0.415. The van der Waals surface area contributed by atoms with Gasteiger partial charge in [-0.1, -0.05) is 47.6 Å². The molecule has 1 amide bonds. The number of amides is 1. The summed E-state index contributed by atoms with van der Waals surface area (Å²) in [6.07, 6.45) is 1.16. The average Bonchev–Trinajstić information content (AvgIpc) is 3.60. The lowest BCUT2D eigenvalue weighted by molar-refractivity contribution is -0.149. The van der Waals surface area contributed by atoms with Crippen LogP contribution in [0.1, 0.15) is 35.3 Å². The molecule has 4 aromatic rings. The first-order valence-electron chi connectivity index (χ1n) is 12.4. The summed E-state index contributed by atoms with van der Waals surface area (Å²) < 4.78 is 21.6. The number of thioether (sulfide) groups is 1. The lowest BCUT2D eigenvalue weighted by Crippen LogP contribution is -2.40. The predicted molar refractivity (Wildman–Crippen MR) is 149 cm³/mol. The van der Waals surface area contributed by atoms with Gasteiger partial charge >= 0.3 is 5.97 Å². The number of likely N-dealkylation sites (tertiary alicyclic amines) is 1. The fourth-order valence-corrected chi connectivity index (χ4v) is 6.32. The van der Waals surface area contributed by atoms with E-state index in [2.05, 4.69) is 15.2 Å². The van der Waals surface area contributed by atoms with Gasteiger partial charge in [0.2, 0.25) is 0 Å².